The lowest BCUT2D eigenvalue weighted by atomic mass is 10.8. The third kappa shape index (κ3) is 2.90. The van der Waals surface area contributed by atoms with Crippen LogP contribution in [0.3, 0.4) is 0 Å². The third-order valence-electron chi connectivity index (χ3n) is 2.07. The first-order chi connectivity index (χ1) is 9.13. The van der Waals surface area contributed by atoms with Crippen LogP contribution in [-0.4, -0.2) is 38.2 Å². The van der Waals surface area contributed by atoms with Gasteiger partial charge in [0.2, 0.25) is 0 Å². The van der Waals surface area contributed by atoms with E-state index in [-0.39, 0.29) is 6.03 Å². The van der Waals surface area contributed by atoms with E-state index in [0.29, 0.717) is 10.3 Å². The molecule has 8 nitrogen and oxygen atoms in total. The van der Waals surface area contributed by atoms with Crippen molar-refractivity contribution in [3.05, 3.63) is 24.8 Å². The summed E-state index contributed by atoms with van der Waals surface area (Å²) in [4.78, 5) is 30.7. The summed E-state index contributed by atoms with van der Waals surface area (Å²) in [6.07, 6.45) is 6.00. The highest BCUT2D eigenvalue weighted by atomic mass is 33.1. The average Bonchev–Trinajstić information content (AvgIpc) is 3.03. The van der Waals surface area contributed by atoms with Gasteiger partial charge < -0.3 is 11.1 Å². The van der Waals surface area contributed by atoms with Crippen molar-refractivity contribution < 1.29 is 9.59 Å². The van der Waals surface area contributed by atoms with Crippen LogP contribution in [0.4, 0.5) is 9.59 Å². The lowest BCUT2D eigenvalue weighted by Crippen LogP contribution is -2.24. The summed E-state index contributed by atoms with van der Waals surface area (Å²) in [5.74, 6) is 0. The standard InChI is InChI=1S/C9H10N6O2S2/c1-11-7(17)15-5-3-13-9(15)19-18-8-12-2-4-14(8)6(10)16/h2-5H,1H3,(H2,10,16)(H,11,17). The van der Waals surface area contributed by atoms with Crippen LogP contribution in [0.25, 0.3) is 0 Å². The Morgan fingerprint density at radius 1 is 1.16 bits per heavy atom. The van der Waals surface area contributed by atoms with Crippen LogP contribution in [-0.2, 0) is 0 Å². The highest BCUT2D eigenvalue weighted by Gasteiger charge is 2.13. The lowest BCUT2D eigenvalue weighted by molar-refractivity contribution is 0.242. The number of nitrogens with one attached hydrogen (secondary N) is 1. The first kappa shape index (κ1) is 13.5. The molecule has 19 heavy (non-hydrogen) atoms. The van der Waals surface area contributed by atoms with Gasteiger partial charge in [0, 0.05) is 31.8 Å². The van der Waals surface area contributed by atoms with Crippen molar-refractivity contribution in [2.45, 2.75) is 10.3 Å². The Balaban J connectivity index is 2.11. The number of hydrogen-bond donors (Lipinski definition) is 2. The van der Waals surface area contributed by atoms with E-state index in [1.165, 1.54) is 56.4 Å². The van der Waals surface area contributed by atoms with Crippen molar-refractivity contribution in [1.29, 1.82) is 0 Å². The minimum absolute atomic E-state index is 0.293. The van der Waals surface area contributed by atoms with E-state index < -0.39 is 6.03 Å². The molecule has 0 saturated carbocycles. The van der Waals surface area contributed by atoms with Crippen molar-refractivity contribution in [3.63, 3.8) is 0 Å². The van der Waals surface area contributed by atoms with Crippen LogP contribution < -0.4 is 11.1 Å². The number of carbonyl (C=O) groups is 2. The molecule has 0 bridgehead atoms. The fraction of sp³-hybridized carbons (Fsp3) is 0.111. The molecule has 0 fully saturated rings. The maximum Gasteiger partial charge on any atom is 0.327 e. The summed E-state index contributed by atoms with van der Waals surface area (Å²) in [7, 11) is 3.92. The van der Waals surface area contributed by atoms with Gasteiger partial charge in [0.1, 0.15) is 0 Å². The summed E-state index contributed by atoms with van der Waals surface area (Å²) < 4.78 is 2.57. The van der Waals surface area contributed by atoms with E-state index in [1.54, 1.807) is 6.20 Å². The van der Waals surface area contributed by atoms with Gasteiger partial charge in [0.15, 0.2) is 10.3 Å². The van der Waals surface area contributed by atoms with Crippen molar-refractivity contribution in [3.8, 4) is 0 Å². The predicted octanol–water partition coefficient (Wildman–Crippen LogP) is 0.993. The van der Waals surface area contributed by atoms with Crippen LogP contribution in [0, 0.1) is 0 Å². The number of primary amides is 1. The summed E-state index contributed by atoms with van der Waals surface area (Å²) in [6, 6.07) is -0.908. The summed E-state index contributed by atoms with van der Waals surface area (Å²) in [5, 5.41) is 3.39. The van der Waals surface area contributed by atoms with E-state index >= 15 is 0 Å². The Morgan fingerprint density at radius 3 is 2.21 bits per heavy atom. The summed E-state index contributed by atoms with van der Waals surface area (Å²) >= 11 is 0. The van der Waals surface area contributed by atoms with Crippen LogP contribution in [0.1, 0.15) is 0 Å². The molecule has 0 aromatic carbocycles. The second kappa shape index (κ2) is 5.80. The molecule has 0 aliphatic rings. The number of amides is 2. The molecule has 2 rings (SSSR count). The van der Waals surface area contributed by atoms with Gasteiger partial charge in [0.25, 0.3) is 0 Å². The molecule has 2 amide bonds. The number of nitrogens with two attached hydrogens (primary N) is 1. The highest BCUT2D eigenvalue weighted by molar-refractivity contribution is 8.76. The number of nitrogens with zero attached hydrogens (tertiary/aromatic N) is 4. The molecular formula is C9H10N6O2S2. The zero-order valence-electron chi connectivity index (χ0n) is 9.81. The average molecular weight is 298 g/mol. The van der Waals surface area contributed by atoms with E-state index in [1.807, 2.05) is 0 Å². The van der Waals surface area contributed by atoms with Gasteiger partial charge in [-0.05, 0) is 21.6 Å². The Morgan fingerprint density at radius 2 is 1.68 bits per heavy atom. The van der Waals surface area contributed by atoms with Gasteiger partial charge in [0.05, 0.1) is 0 Å². The number of hydrogen-bond acceptors (Lipinski definition) is 6. The normalized spacial score (nSPS) is 10.4. The molecule has 0 radical (unpaired) electrons. The molecule has 2 heterocycles. The zero-order chi connectivity index (χ0) is 13.8. The molecule has 0 unspecified atom stereocenters. The number of imidazole rings is 2. The maximum absolute atomic E-state index is 11.5. The van der Waals surface area contributed by atoms with E-state index in [0.717, 1.165) is 0 Å². The highest BCUT2D eigenvalue weighted by Crippen LogP contribution is 2.35. The van der Waals surface area contributed by atoms with Crippen molar-refractivity contribution in [1.82, 2.24) is 24.4 Å². The van der Waals surface area contributed by atoms with Gasteiger partial charge in [-0.2, -0.15) is 0 Å². The number of rotatable bonds is 3. The molecular weight excluding hydrogens is 288 g/mol. The minimum Gasteiger partial charge on any atom is -0.351 e. The Hall–Kier alpha value is -1.94. The van der Waals surface area contributed by atoms with Crippen molar-refractivity contribution >= 4 is 33.7 Å². The van der Waals surface area contributed by atoms with E-state index in [4.69, 9.17) is 5.73 Å². The van der Waals surface area contributed by atoms with Gasteiger partial charge in [-0.1, -0.05) is 0 Å². The smallest absolute Gasteiger partial charge is 0.327 e. The topological polar surface area (TPSA) is 108 Å². The largest absolute Gasteiger partial charge is 0.351 e. The molecule has 0 saturated heterocycles. The van der Waals surface area contributed by atoms with Crippen molar-refractivity contribution in [2.24, 2.45) is 5.73 Å². The minimum atomic E-state index is -0.616. The van der Waals surface area contributed by atoms with E-state index in [2.05, 4.69) is 15.3 Å². The Kier molecular flexibility index (Phi) is 4.12. The second-order valence-electron chi connectivity index (χ2n) is 3.22. The molecule has 0 spiro atoms. The first-order valence-corrected chi connectivity index (χ1v) is 7.21. The molecule has 2 aromatic heterocycles. The van der Waals surface area contributed by atoms with Crippen LogP contribution in [0.2, 0.25) is 0 Å². The molecule has 0 aliphatic heterocycles. The van der Waals surface area contributed by atoms with Crippen LogP contribution in [0.15, 0.2) is 35.1 Å². The summed E-state index contributed by atoms with van der Waals surface area (Å²) in [5.41, 5.74) is 5.18. The lowest BCUT2D eigenvalue weighted by Gasteiger charge is -2.04. The SMILES string of the molecule is CNC(=O)n1ccnc1SSc1nccn1C(N)=O. The zero-order valence-corrected chi connectivity index (χ0v) is 11.4. The fourth-order valence-corrected chi connectivity index (χ4v) is 3.22. The molecule has 3 N–H and O–H groups in total. The van der Waals surface area contributed by atoms with E-state index in [9.17, 15) is 9.59 Å². The Bertz CT molecular complexity index is 607. The monoisotopic (exact) mass is 298 g/mol. The predicted molar refractivity (Wildman–Crippen MR) is 71.0 cm³/mol. The quantitative estimate of drug-likeness (QED) is 0.818. The van der Waals surface area contributed by atoms with Gasteiger partial charge in [-0.3, -0.25) is 0 Å². The van der Waals surface area contributed by atoms with Crippen LogP contribution >= 0.6 is 21.6 Å². The molecule has 0 atom stereocenters. The van der Waals surface area contributed by atoms with Gasteiger partial charge in [-0.25, -0.2) is 28.7 Å². The number of carbonyl (C=O) groups excluding carboxylic acids is 2. The Labute approximate surface area is 116 Å². The van der Waals surface area contributed by atoms with Crippen molar-refractivity contribution in [2.75, 3.05) is 7.05 Å². The molecule has 10 heteroatoms. The second-order valence-corrected chi connectivity index (χ2v) is 5.28. The number of aromatic nitrogens is 4. The molecule has 100 valence electrons. The summed E-state index contributed by atoms with van der Waals surface area (Å²) in [6.45, 7) is 0. The van der Waals surface area contributed by atoms with Gasteiger partial charge >= 0.3 is 12.1 Å². The molecule has 2 aromatic rings. The molecule has 0 aliphatic carbocycles. The van der Waals surface area contributed by atoms with Gasteiger partial charge in [-0.15, -0.1) is 0 Å². The first-order valence-electron chi connectivity index (χ1n) is 5.06. The fourth-order valence-electron chi connectivity index (χ4n) is 1.22. The maximum atomic E-state index is 11.5. The van der Waals surface area contributed by atoms with Crippen LogP contribution in [0.5, 0.6) is 0 Å². The third-order valence-corrected chi connectivity index (χ3v) is 4.20.